The lowest BCUT2D eigenvalue weighted by Gasteiger charge is -2.23. The van der Waals surface area contributed by atoms with Crippen LogP contribution in [0, 0.1) is 6.92 Å². The molecule has 1 aromatic rings. The molecule has 2 rings (SSSR count). The van der Waals surface area contributed by atoms with Crippen molar-refractivity contribution in [3.05, 3.63) is 17.0 Å². The van der Waals surface area contributed by atoms with E-state index < -0.39 is 0 Å². The molecule has 2 N–H and O–H groups in total. The summed E-state index contributed by atoms with van der Waals surface area (Å²) in [5.74, 6) is 0.645. The van der Waals surface area contributed by atoms with Crippen LogP contribution in [-0.4, -0.2) is 41.9 Å². The highest BCUT2D eigenvalue weighted by Crippen LogP contribution is 2.35. The molecule has 0 spiro atoms. The maximum absolute atomic E-state index is 5.74. The van der Waals surface area contributed by atoms with Crippen molar-refractivity contribution >= 4 is 0 Å². The zero-order valence-corrected chi connectivity index (χ0v) is 11.9. The lowest BCUT2D eigenvalue weighted by molar-refractivity contribution is 0.366. The van der Waals surface area contributed by atoms with Crippen molar-refractivity contribution in [3.63, 3.8) is 0 Å². The summed E-state index contributed by atoms with van der Waals surface area (Å²) in [5.41, 5.74) is 9.94. The second kappa shape index (κ2) is 5.85. The lowest BCUT2D eigenvalue weighted by atomic mass is 9.83. The van der Waals surface area contributed by atoms with Crippen LogP contribution >= 0.6 is 0 Å². The Hall–Kier alpha value is -0.870. The average Bonchev–Trinajstić information content (AvgIpc) is 2.65. The number of likely N-dealkylation sites (N-methyl/N-ethyl adjacent to an activating group) is 1. The highest BCUT2D eigenvalue weighted by molar-refractivity contribution is 5.32. The summed E-state index contributed by atoms with van der Waals surface area (Å²) in [7, 11) is 4.22. The van der Waals surface area contributed by atoms with Gasteiger partial charge in [0.15, 0.2) is 0 Å². The highest BCUT2D eigenvalue weighted by atomic mass is 15.3. The van der Waals surface area contributed by atoms with E-state index in [-0.39, 0.29) is 0 Å². The first kappa shape index (κ1) is 13.6. The van der Waals surface area contributed by atoms with Crippen LogP contribution in [0.3, 0.4) is 0 Å². The molecule has 1 aliphatic carbocycles. The predicted molar refractivity (Wildman–Crippen MR) is 74.9 cm³/mol. The van der Waals surface area contributed by atoms with Gasteiger partial charge in [-0.15, -0.1) is 0 Å². The van der Waals surface area contributed by atoms with Gasteiger partial charge in [0.1, 0.15) is 0 Å². The van der Waals surface area contributed by atoms with Crippen LogP contribution in [0.1, 0.15) is 42.1 Å². The molecule has 1 heterocycles. The lowest BCUT2D eigenvalue weighted by Crippen LogP contribution is -2.21. The summed E-state index contributed by atoms with van der Waals surface area (Å²) in [4.78, 5) is 2.21. The molecule has 0 bridgehead atoms. The first-order valence-electron chi connectivity index (χ1n) is 7.04. The zero-order valence-electron chi connectivity index (χ0n) is 11.9. The van der Waals surface area contributed by atoms with E-state index in [0.29, 0.717) is 5.92 Å². The number of fused-ring (bicyclic) bond motifs is 1. The van der Waals surface area contributed by atoms with Gasteiger partial charge >= 0.3 is 0 Å². The molecule has 0 radical (unpaired) electrons. The summed E-state index contributed by atoms with van der Waals surface area (Å²) in [5, 5.41) is 4.75. The van der Waals surface area contributed by atoms with Crippen molar-refractivity contribution in [3.8, 4) is 0 Å². The minimum atomic E-state index is 0.645. The van der Waals surface area contributed by atoms with Gasteiger partial charge in [-0.1, -0.05) is 0 Å². The van der Waals surface area contributed by atoms with Gasteiger partial charge < -0.3 is 10.6 Å². The third kappa shape index (κ3) is 2.75. The van der Waals surface area contributed by atoms with E-state index in [2.05, 4.69) is 30.6 Å². The molecular formula is C14H26N4. The van der Waals surface area contributed by atoms with E-state index in [0.717, 1.165) is 26.1 Å². The molecule has 0 saturated heterocycles. The smallest absolute Gasteiger partial charge is 0.0631 e. The monoisotopic (exact) mass is 250 g/mol. The van der Waals surface area contributed by atoms with Crippen molar-refractivity contribution in [2.75, 3.05) is 27.2 Å². The van der Waals surface area contributed by atoms with E-state index in [1.54, 1.807) is 0 Å². The molecule has 0 fully saturated rings. The molecule has 4 heteroatoms. The van der Waals surface area contributed by atoms with E-state index in [9.17, 15) is 0 Å². The zero-order chi connectivity index (χ0) is 13.1. The third-order valence-corrected chi connectivity index (χ3v) is 3.93. The first-order valence-corrected chi connectivity index (χ1v) is 7.04. The van der Waals surface area contributed by atoms with Crippen LogP contribution < -0.4 is 5.73 Å². The largest absolute Gasteiger partial charge is 0.330 e. The minimum Gasteiger partial charge on any atom is -0.330 e. The van der Waals surface area contributed by atoms with Gasteiger partial charge in [0.05, 0.1) is 12.2 Å². The molecular weight excluding hydrogens is 224 g/mol. The molecule has 1 atom stereocenters. The Kier molecular flexibility index (Phi) is 4.40. The number of hydrogen-bond donors (Lipinski definition) is 1. The molecule has 0 saturated carbocycles. The van der Waals surface area contributed by atoms with Crippen LogP contribution in [0.25, 0.3) is 0 Å². The van der Waals surface area contributed by atoms with Gasteiger partial charge in [-0.05, 0) is 64.7 Å². The Morgan fingerprint density at radius 3 is 2.89 bits per heavy atom. The Balaban J connectivity index is 2.21. The third-order valence-electron chi connectivity index (χ3n) is 3.93. The van der Waals surface area contributed by atoms with Crippen molar-refractivity contribution in [2.45, 2.75) is 45.1 Å². The Morgan fingerprint density at radius 1 is 1.44 bits per heavy atom. The van der Waals surface area contributed by atoms with Gasteiger partial charge in [-0.2, -0.15) is 5.10 Å². The fourth-order valence-corrected chi connectivity index (χ4v) is 3.07. The van der Waals surface area contributed by atoms with E-state index in [1.165, 1.54) is 36.2 Å². The second-order valence-corrected chi connectivity index (χ2v) is 5.64. The van der Waals surface area contributed by atoms with Crippen LogP contribution in [0.15, 0.2) is 0 Å². The Bertz CT molecular complexity index is 395. The summed E-state index contributed by atoms with van der Waals surface area (Å²) in [6, 6.07) is 0. The summed E-state index contributed by atoms with van der Waals surface area (Å²) >= 11 is 0. The fraction of sp³-hybridized carbons (Fsp3) is 0.786. The number of nitrogens with two attached hydrogens (primary N) is 1. The SMILES string of the molecule is Cc1nn(CCN(C)C)c2c1C(CCN)CCC2. The van der Waals surface area contributed by atoms with Crippen LogP contribution in [0.2, 0.25) is 0 Å². The number of rotatable bonds is 5. The van der Waals surface area contributed by atoms with Gasteiger partial charge in [-0.25, -0.2) is 0 Å². The topological polar surface area (TPSA) is 47.1 Å². The molecule has 1 aliphatic rings. The quantitative estimate of drug-likeness (QED) is 0.862. The van der Waals surface area contributed by atoms with E-state index in [1.807, 2.05) is 0 Å². The number of nitrogens with zero attached hydrogens (tertiary/aromatic N) is 3. The molecule has 0 aromatic carbocycles. The van der Waals surface area contributed by atoms with Crippen molar-refractivity contribution in [2.24, 2.45) is 5.73 Å². The van der Waals surface area contributed by atoms with Crippen LogP contribution in [-0.2, 0) is 13.0 Å². The fourth-order valence-electron chi connectivity index (χ4n) is 3.07. The van der Waals surface area contributed by atoms with Crippen molar-refractivity contribution in [1.29, 1.82) is 0 Å². The standard InChI is InChI=1S/C14H26N4/c1-11-14-12(7-8-15)5-4-6-13(14)18(16-11)10-9-17(2)3/h12H,4-10,15H2,1-3H3. The summed E-state index contributed by atoms with van der Waals surface area (Å²) in [6.07, 6.45) is 4.85. The number of hydrogen-bond acceptors (Lipinski definition) is 3. The Labute approximate surface area is 110 Å². The molecule has 0 amide bonds. The van der Waals surface area contributed by atoms with Crippen molar-refractivity contribution < 1.29 is 0 Å². The number of aryl methyl sites for hydroxylation is 1. The van der Waals surface area contributed by atoms with Gasteiger partial charge in [-0.3, -0.25) is 4.68 Å². The Morgan fingerprint density at radius 2 is 2.22 bits per heavy atom. The molecule has 4 nitrogen and oxygen atoms in total. The first-order chi connectivity index (χ1) is 8.63. The summed E-state index contributed by atoms with van der Waals surface area (Å²) < 4.78 is 2.23. The molecule has 1 aromatic heterocycles. The normalized spacial score (nSPS) is 19.3. The highest BCUT2D eigenvalue weighted by Gasteiger charge is 2.26. The molecule has 0 aliphatic heterocycles. The van der Waals surface area contributed by atoms with Crippen LogP contribution in [0.5, 0.6) is 0 Å². The predicted octanol–water partition coefficient (Wildman–Crippen LogP) is 1.52. The second-order valence-electron chi connectivity index (χ2n) is 5.64. The maximum atomic E-state index is 5.74. The van der Waals surface area contributed by atoms with Gasteiger partial charge in [0.2, 0.25) is 0 Å². The minimum absolute atomic E-state index is 0.645. The van der Waals surface area contributed by atoms with E-state index in [4.69, 9.17) is 10.8 Å². The van der Waals surface area contributed by atoms with Gasteiger partial charge in [0, 0.05) is 12.2 Å². The molecule has 1 unspecified atom stereocenters. The molecule has 18 heavy (non-hydrogen) atoms. The van der Waals surface area contributed by atoms with Gasteiger partial charge in [0.25, 0.3) is 0 Å². The van der Waals surface area contributed by atoms with E-state index >= 15 is 0 Å². The molecule has 102 valence electrons. The number of aromatic nitrogens is 2. The van der Waals surface area contributed by atoms with Crippen LogP contribution in [0.4, 0.5) is 0 Å². The maximum Gasteiger partial charge on any atom is 0.0631 e. The van der Waals surface area contributed by atoms with Crippen molar-refractivity contribution in [1.82, 2.24) is 14.7 Å². The summed E-state index contributed by atoms with van der Waals surface area (Å²) in [6.45, 7) is 4.99. The average molecular weight is 250 g/mol.